The number of Topliss-reactive ketones (excluding diaryl/α,β-unsaturated/α-hetero) is 1. The van der Waals surface area contributed by atoms with Crippen LogP contribution in [0.15, 0.2) is 60.7 Å². The molecule has 0 bridgehead atoms. The molecule has 142 valence electrons. The van der Waals surface area contributed by atoms with E-state index in [-0.39, 0.29) is 30.6 Å². The summed E-state index contributed by atoms with van der Waals surface area (Å²) in [5, 5.41) is 4.33. The Hall–Kier alpha value is -1.94. The number of nitrogens with one attached hydrogen (secondary N) is 1. The number of fused-ring (bicyclic) bond motifs is 1. The zero-order chi connectivity index (χ0) is 17.1. The lowest BCUT2D eigenvalue weighted by molar-refractivity contribution is 0.0954. The van der Waals surface area contributed by atoms with E-state index in [4.69, 9.17) is 4.98 Å². The summed E-state index contributed by atoms with van der Waals surface area (Å²) in [4.78, 5) is 17.8. The van der Waals surface area contributed by atoms with Gasteiger partial charge in [0.2, 0.25) is 0 Å². The van der Waals surface area contributed by atoms with Crippen molar-refractivity contribution in [2.24, 2.45) is 5.92 Å². The van der Waals surface area contributed by atoms with Crippen LogP contribution in [0.3, 0.4) is 0 Å². The lowest BCUT2D eigenvalue weighted by Crippen LogP contribution is -2.28. The molecule has 27 heavy (non-hydrogen) atoms. The summed E-state index contributed by atoms with van der Waals surface area (Å²) in [6, 6.07) is 20.0. The SMILES string of the molecule is Cl.Cl.O=C(CC1CCNCC1)c1cc(-c2ccccc2)nc2ccccc12. The van der Waals surface area contributed by atoms with Gasteiger partial charge in [0, 0.05) is 22.9 Å². The highest BCUT2D eigenvalue weighted by molar-refractivity contribution is 6.08. The lowest BCUT2D eigenvalue weighted by atomic mass is 9.89. The number of hydrogen-bond acceptors (Lipinski definition) is 3. The Morgan fingerprint density at radius 2 is 1.63 bits per heavy atom. The van der Waals surface area contributed by atoms with Crippen LogP contribution in [0.5, 0.6) is 0 Å². The molecule has 0 radical (unpaired) electrons. The molecule has 1 aromatic heterocycles. The fourth-order valence-corrected chi connectivity index (χ4v) is 3.62. The smallest absolute Gasteiger partial charge is 0.163 e. The second-order valence-corrected chi connectivity index (χ2v) is 6.76. The molecule has 0 amide bonds. The van der Waals surface area contributed by atoms with E-state index in [0.29, 0.717) is 12.3 Å². The van der Waals surface area contributed by atoms with Gasteiger partial charge < -0.3 is 5.32 Å². The Morgan fingerprint density at radius 3 is 2.37 bits per heavy atom. The van der Waals surface area contributed by atoms with Crippen LogP contribution < -0.4 is 5.32 Å². The van der Waals surface area contributed by atoms with Crippen LogP contribution in [0, 0.1) is 5.92 Å². The average molecular weight is 403 g/mol. The Labute approximate surface area is 172 Å². The van der Waals surface area contributed by atoms with Gasteiger partial charge in [0.1, 0.15) is 0 Å². The molecule has 1 aliphatic rings. The molecule has 1 fully saturated rings. The first kappa shape index (κ1) is 21.4. The number of pyridine rings is 1. The maximum Gasteiger partial charge on any atom is 0.163 e. The minimum Gasteiger partial charge on any atom is -0.317 e. The van der Waals surface area contributed by atoms with Gasteiger partial charge in [-0.2, -0.15) is 0 Å². The molecule has 1 saturated heterocycles. The molecule has 3 nitrogen and oxygen atoms in total. The third kappa shape index (κ3) is 4.86. The number of hydrogen-bond donors (Lipinski definition) is 1. The molecule has 0 atom stereocenters. The topological polar surface area (TPSA) is 42.0 Å². The third-order valence-electron chi connectivity index (χ3n) is 5.02. The van der Waals surface area contributed by atoms with E-state index in [0.717, 1.165) is 53.7 Å². The monoisotopic (exact) mass is 402 g/mol. The second kappa shape index (κ2) is 9.84. The van der Waals surface area contributed by atoms with Crippen LogP contribution in [-0.2, 0) is 0 Å². The summed E-state index contributed by atoms with van der Waals surface area (Å²) in [6.07, 6.45) is 2.80. The molecule has 4 rings (SSSR count). The van der Waals surface area contributed by atoms with Gasteiger partial charge in [-0.05, 0) is 44.0 Å². The zero-order valence-corrected chi connectivity index (χ0v) is 16.7. The first-order valence-corrected chi connectivity index (χ1v) is 9.00. The fourth-order valence-electron chi connectivity index (χ4n) is 3.62. The van der Waals surface area contributed by atoms with Crippen LogP contribution in [0.4, 0.5) is 0 Å². The van der Waals surface area contributed by atoms with Crippen molar-refractivity contribution in [2.45, 2.75) is 19.3 Å². The van der Waals surface area contributed by atoms with Crippen molar-refractivity contribution < 1.29 is 4.79 Å². The highest BCUT2D eigenvalue weighted by Gasteiger charge is 2.20. The van der Waals surface area contributed by atoms with Crippen molar-refractivity contribution in [1.82, 2.24) is 10.3 Å². The molecule has 0 aliphatic carbocycles. The Morgan fingerprint density at radius 1 is 0.963 bits per heavy atom. The number of carbonyl (C=O) groups is 1. The number of aromatic nitrogens is 1. The van der Waals surface area contributed by atoms with Crippen molar-refractivity contribution in [3.8, 4) is 11.3 Å². The molecule has 2 aromatic carbocycles. The first-order valence-electron chi connectivity index (χ1n) is 9.00. The number of nitrogens with zero attached hydrogens (tertiary/aromatic N) is 1. The number of piperidine rings is 1. The number of rotatable bonds is 4. The second-order valence-electron chi connectivity index (χ2n) is 6.76. The molecule has 1 N–H and O–H groups in total. The Balaban J connectivity index is 0.00000131. The largest absolute Gasteiger partial charge is 0.317 e. The summed E-state index contributed by atoms with van der Waals surface area (Å²) < 4.78 is 0. The van der Waals surface area contributed by atoms with Crippen LogP contribution in [0.25, 0.3) is 22.2 Å². The van der Waals surface area contributed by atoms with E-state index in [1.165, 1.54) is 0 Å². The standard InChI is InChI=1S/C22H22N2O.2ClH/c25-22(14-16-10-12-23-13-11-16)19-15-21(17-6-2-1-3-7-17)24-20-9-5-4-8-18(19)20;;/h1-9,15-16,23H,10-14H2;2*1H. The molecular formula is C22H24Cl2N2O. The van der Waals surface area contributed by atoms with Crippen LogP contribution in [0.2, 0.25) is 0 Å². The van der Waals surface area contributed by atoms with E-state index in [1.807, 2.05) is 60.7 Å². The molecule has 0 saturated carbocycles. The van der Waals surface area contributed by atoms with Crippen molar-refractivity contribution in [3.05, 3.63) is 66.2 Å². The van der Waals surface area contributed by atoms with Gasteiger partial charge >= 0.3 is 0 Å². The number of halogens is 2. The van der Waals surface area contributed by atoms with Crippen LogP contribution in [0.1, 0.15) is 29.6 Å². The first-order chi connectivity index (χ1) is 12.3. The summed E-state index contributed by atoms with van der Waals surface area (Å²) in [5.41, 5.74) is 3.61. The van der Waals surface area contributed by atoms with E-state index in [1.54, 1.807) is 0 Å². The lowest BCUT2D eigenvalue weighted by Gasteiger charge is -2.22. The van der Waals surface area contributed by atoms with Gasteiger partial charge in [-0.15, -0.1) is 24.8 Å². The van der Waals surface area contributed by atoms with Gasteiger partial charge in [0.05, 0.1) is 11.2 Å². The van der Waals surface area contributed by atoms with E-state index in [9.17, 15) is 4.79 Å². The highest BCUT2D eigenvalue weighted by atomic mass is 35.5. The van der Waals surface area contributed by atoms with Crippen molar-refractivity contribution in [2.75, 3.05) is 13.1 Å². The molecule has 1 aliphatic heterocycles. The predicted octanol–water partition coefficient (Wildman–Crippen LogP) is 5.32. The van der Waals surface area contributed by atoms with Gasteiger partial charge in [-0.3, -0.25) is 4.79 Å². The van der Waals surface area contributed by atoms with Gasteiger partial charge in [-0.1, -0.05) is 48.5 Å². The van der Waals surface area contributed by atoms with Crippen LogP contribution in [-0.4, -0.2) is 23.9 Å². The predicted molar refractivity (Wildman–Crippen MR) is 116 cm³/mol. The third-order valence-corrected chi connectivity index (χ3v) is 5.02. The molecular weight excluding hydrogens is 379 g/mol. The fraction of sp³-hybridized carbons (Fsp3) is 0.273. The molecule has 0 unspecified atom stereocenters. The summed E-state index contributed by atoms with van der Waals surface area (Å²) in [5.74, 6) is 0.725. The maximum atomic E-state index is 13.1. The minimum absolute atomic E-state index is 0. The normalized spacial score (nSPS) is 14.2. The number of para-hydroxylation sites is 1. The summed E-state index contributed by atoms with van der Waals surface area (Å²) in [6.45, 7) is 2.04. The maximum absolute atomic E-state index is 13.1. The van der Waals surface area contributed by atoms with Gasteiger partial charge in [0.25, 0.3) is 0 Å². The van der Waals surface area contributed by atoms with Crippen molar-refractivity contribution >= 4 is 41.5 Å². The Kier molecular flexibility index (Phi) is 7.78. The molecule has 2 heterocycles. The summed E-state index contributed by atoms with van der Waals surface area (Å²) >= 11 is 0. The highest BCUT2D eigenvalue weighted by Crippen LogP contribution is 2.27. The molecule has 3 aromatic rings. The quantitative estimate of drug-likeness (QED) is 0.600. The molecule has 5 heteroatoms. The average Bonchev–Trinajstić information content (AvgIpc) is 2.68. The number of carbonyl (C=O) groups excluding carboxylic acids is 1. The van der Waals surface area contributed by atoms with E-state index >= 15 is 0 Å². The van der Waals surface area contributed by atoms with Gasteiger partial charge in [-0.25, -0.2) is 4.98 Å². The summed E-state index contributed by atoms with van der Waals surface area (Å²) in [7, 11) is 0. The minimum atomic E-state index is 0. The van der Waals surface area contributed by atoms with Crippen molar-refractivity contribution in [1.29, 1.82) is 0 Å². The number of ketones is 1. The Bertz CT molecular complexity index is 893. The number of benzene rings is 2. The van der Waals surface area contributed by atoms with Gasteiger partial charge in [0.15, 0.2) is 5.78 Å². The van der Waals surface area contributed by atoms with Crippen molar-refractivity contribution in [3.63, 3.8) is 0 Å². The van der Waals surface area contributed by atoms with E-state index in [2.05, 4.69) is 5.32 Å². The zero-order valence-electron chi connectivity index (χ0n) is 15.1. The van der Waals surface area contributed by atoms with E-state index < -0.39 is 0 Å². The molecule has 0 spiro atoms. The van der Waals surface area contributed by atoms with Crippen LogP contribution >= 0.6 is 24.8 Å².